The van der Waals surface area contributed by atoms with Gasteiger partial charge in [0.1, 0.15) is 12.4 Å². The van der Waals surface area contributed by atoms with E-state index in [4.69, 9.17) is 9.47 Å². The highest BCUT2D eigenvalue weighted by atomic mass is 32.2. The first-order valence-electron chi connectivity index (χ1n) is 14.5. The van der Waals surface area contributed by atoms with Gasteiger partial charge in [0, 0.05) is 40.5 Å². The van der Waals surface area contributed by atoms with Crippen molar-refractivity contribution >= 4 is 39.2 Å². The summed E-state index contributed by atoms with van der Waals surface area (Å²) < 4.78 is 54.1. The van der Waals surface area contributed by atoms with Crippen LogP contribution in [0.2, 0.25) is 0 Å². The van der Waals surface area contributed by atoms with E-state index in [-0.39, 0.29) is 40.8 Å². The highest BCUT2D eigenvalue weighted by Crippen LogP contribution is 2.40. The number of aromatic nitrogens is 1. The predicted octanol–water partition coefficient (Wildman–Crippen LogP) is 6.94. The summed E-state index contributed by atoms with van der Waals surface area (Å²) in [7, 11) is -4.02. The number of nitrogens with zero attached hydrogens (tertiary/aromatic N) is 1. The standard InChI is InChI=1S/C31H39FN4O6S2/c1-19(2)42-30(38)34-22-12-10-20(11-13-22)28-33-17-26(43-28)24-15-14-23(16-27(24)44(39,40)36-31(3,4)5)35-29(37)41-18-21-8-6-7-9-25(21)32/h6-9,14-17,19-20,22,36H,10-13,18H2,1-5H3,(H,34,38)(H,35,37). The molecule has 0 bridgehead atoms. The van der Waals surface area contributed by atoms with Crippen molar-refractivity contribution in [3.8, 4) is 10.4 Å². The number of rotatable bonds is 9. The van der Waals surface area contributed by atoms with Gasteiger partial charge in [0.15, 0.2) is 0 Å². The van der Waals surface area contributed by atoms with Crippen molar-refractivity contribution in [1.29, 1.82) is 0 Å². The molecule has 3 N–H and O–H groups in total. The first-order valence-corrected chi connectivity index (χ1v) is 16.8. The lowest BCUT2D eigenvalue weighted by molar-refractivity contribution is 0.109. The second-order valence-corrected chi connectivity index (χ2v) is 14.8. The molecule has 0 spiro atoms. The van der Waals surface area contributed by atoms with Crippen molar-refractivity contribution in [2.75, 3.05) is 5.32 Å². The highest BCUT2D eigenvalue weighted by Gasteiger charge is 2.29. The molecule has 2 amide bonds. The molecule has 0 unspecified atom stereocenters. The van der Waals surface area contributed by atoms with Gasteiger partial charge in [-0.05, 0) is 78.5 Å². The molecular formula is C31H39FN4O6S2. The van der Waals surface area contributed by atoms with E-state index >= 15 is 0 Å². The molecule has 3 aromatic rings. The number of hydrogen-bond donors (Lipinski definition) is 3. The fraction of sp³-hybridized carbons (Fsp3) is 0.452. The summed E-state index contributed by atoms with van der Waals surface area (Å²) in [5, 5.41) is 6.37. The van der Waals surface area contributed by atoms with Gasteiger partial charge < -0.3 is 14.8 Å². The minimum absolute atomic E-state index is 0.0221. The summed E-state index contributed by atoms with van der Waals surface area (Å²) in [5.74, 6) is -0.308. The molecule has 1 aliphatic carbocycles. The van der Waals surface area contributed by atoms with Crippen molar-refractivity contribution in [1.82, 2.24) is 15.0 Å². The molecule has 1 aromatic heterocycles. The first-order chi connectivity index (χ1) is 20.7. The maximum absolute atomic E-state index is 13.9. The Hall–Kier alpha value is -3.55. The Balaban J connectivity index is 1.51. The minimum atomic E-state index is -4.02. The fourth-order valence-electron chi connectivity index (χ4n) is 4.90. The zero-order valence-electron chi connectivity index (χ0n) is 25.5. The number of alkyl carbamates (subject to hydrolysis) is 1. The SMILES string of the molecule is CC(C)OC(=O)NC1CCC(c2ncc(-c3ccc(NC(=O)OCc4ccccc4F)cc3S(=O)(=O)NC(C)(C)C)s2)CC1. The third kappa shape index (κ3) is 9.23. The Bertz CT molecular complexity index is 1580. The average Bonchev–Trinajstić information content (AvgIpc) is 3.41. The molecule has 0 atom stereocenters. The molecule has 1 heterocycles. The topological polar surface area (TPSA) is 136 Å². The molecule has 1 fully saturated rings. The number of benzene rings is 2. The molecule has 238 valence electrons. The Morgan fingerprint density at radius 3 is 2.43 bits per heavy atom. The van der Waals surface area contributed by atoms with Crippen LogP contribution in [0.25, 0.3) is 10.4 Å². The third-order valence-corrected chi connectivity index (χ3v) is 9.80. The monoisotopic (exact) mass is 646 g/mol. The zero-order chi connectivity index (χ0) is 32.1. The number of sulfonamides is 1. The van der Waals surface area contributed by atoms with Gasteiger partial charge in [-0.3, -0.25) is 5.32 Å². The van der Waals surface area contributed by atoms with Crippen LogP contribution in [0.1, 0.15) is 76.8 Å². The summed E-state index contributed by atoms with van der Waals surface area (Å²) in [6, 6.07) is 10.6. The van der Waals surface area contributed by atoms with Crippen molar-refractivity contribution in [2.24, 2.45) is 0 Å². The van der Waals surface area contributed by atoms with Gasteiger partial charge >= 0.3 is 12.2 Å². The molecular weight excluding hydrogens is 607 g/mol. The molecule has 10 nitrogen and oxygen atoms in total. The van der Waals surface area contributed by atoms with Crippen LogP contribution in [-0.4, -0.2) is 43.3 Å². The van der Waals surface area contributed by atoms with E-state index in [0.29, 0.717) is 10.4 Å². The quantitative estimate of drug-likeness (QED) is 0.229. The summed E-state index contributed by atoms with van der Waals surface area (Å²) >= 11 is 1.43. The smallest absolute Gasteiger partial charge is 0.411 e. The number of amides is 2. The molecule has 13 heteroatoms. The molecule has 1 aliphatic rings. The van der Waals surface area contributed by atoms with Crippen LogP contribution < -0.4 is 15.4 Å². The molecule has 2 aromatic carbocycles. The lowest BCUT2D eigenvalue weighted by Crippen LogP contribution is -2.40. The zero-order valence-corrected chi connectivity index (χ0v) is 27.1. The van der Waals surface area contributed by atoms with Gasteiger partial charge in [-0.25, -0.2) is 32.1 Å². The first kappa shape index (κ1) is 33.3. The molecule has 0 radical (unpaired) electrons. The average molecular weight is 647 g/mol. The largest absolute Gasteiger partial charge is 0.447 e. The summed E-state index contributed by atoms with van der Waals surface area (Å²) in [5.41, 5.74) is 0.108. The van der Waals surface area contributed by atoms with E-state index in [9.17, 15) is 22.4 Å². The number of nitrogens with one attached hydrogen (secondary N) is 3. The van der Waals surface area contributed by atoms with Crippen LogP contribution >= 0.6 is 11.3 Å². The molecule has 0 aliphatic heterocycles. The van der Waals surface area contributed by atoms with Crippen molar-refractivity contribution in [3.05, 3.63) is 65.0 Å². The molecule has 1 saturated carbocycles. The maximum Gasteiger partial charge on any atom is 0.411 e. The Morgan fingerprint density at radius 1 is 1.07 bits per heavy atom. The number of ether oxygens (including phenoxy) is 2. The van der Waals surface area contributed by atoms with E-state index in [1.54, 1.807) is 59.0 Å². The van der Waals surface area contributed by atoms with Crippen LogP contribution in [0.15, 0.2) is 53.6 Å². The third-order valence-electron chi connectivity index (χ3n) is 6.80. The predicted molar refractivity (Wildman–Crippen MR) is 168 cm³/mol. The Labute approximate surface area is 261 Å². The fourth-order valence-corrected chi connectivity index (χ4v) is 7.75. The number of thiazole rings is 1. The minimum Gasteiger partial charge on any atom is -0.447 e. The molecule has 4 rings (SSSR count). The maximum atomic E-state index is 13.9. The van der Waals surface area contributed by atoms with Gasteiger partial charge in [0.05, 0.1) is 20.9 Å². The highest BCUT2D eigenvalue weighted by molar-refractivity contribution is 7.89. The van der Waals surface area contributed by atoms with Crippen molar-refractivity contribution in [3.63, 3.8) is 0 Å². The lowest BCUT2D eigenvalue weighted by atomic mass is 9.86. The number of halogens is 1. The van der Waals surface area contributed by atoms with Crippen LogP contribution in [-0.2, 0) is 26.1 Å². The van der Waals surface area contributed by atoms with Crippen LogP contribution in [0, 0.1) is 5.82 Å². The lowest BCUT2D eigenvalue weighted by Gasteiger charge is -2.28. The van der Waals surface area contributed by atoms with Gasteiger partial charge in [0.2, 0.25) is 10.0 Å². The summed E-state index contributed by atoms with van der Waals surface area (Å²) in [6.45, 7) is 8.56. The van der Waals surface area contributed by atoms with Gasteiger partial charge in [-0.1, -0.05) is 24.3 Å². The molecule has 44 heavy (non-hydrogen) atoms. The van der Waals surface area contributed by atoms with Crippen molar-refractivity contribution < 1.29 is 31.9 Å². The summed E-state index contributed by atoms with van der Waals surface area (Å²) in [4.78, 5) is 29.8. The van der Waals surface area contributed by atoms with E-state index in [0.717, 1.165) is 30.7 Å². The number of carbonyl (C=O) groups is 2. The Morgan fingerprint density at radius 2 is 1.77 bits per heavy atom. The second-order valence-electron chi connectivity index (χ2n) is 12.1. The van der Waals surface area contributed by atoms with E-state index < -0.39 is 33.6 Å². The van der Waals surface area contributed by atoms with Crippen LogP contribution in [0.5, 0.6) is 0 Å². The Kier molecular flexibility index (Phi) is 10.6. The van der Waals surface area contributed by atoms with Crippen molar-refractivity contribution in [2.45, 2.75) is 95.4 Å². The second kappa shape index (κ2) is 14.0. The normalized spacial score (nSPS) is 17.2. The van der Waals surface area contributed by atoms with E-state index in [1.807, 2.05) is 0 Å². The summed E-state index contributed by atoms with van der Waals surface area (Å²) in [6.07, 6.45) is 3.46. The van der Waals surface area contributed by atoms with Crippen LogP contribution in [0.3, 0.4) is 0 Å². The van der Waals surface area contributed by atoms with E-state index in [2.05, 4.69) is 20.3 Å². The van der Waals surface area contributed by atoms with Gasteiger partial charge in [0.25, 0.3) is 0 Å². The van der Waals surface area contributed by atoms with Gasteiger partial charge in [-0.15, -0.1) is 11.3 Å². The number of anilines is 1. The van der Waals surface area contributed by atoms with Crippen LogP contribution in [0.4, 0.5) is 19.7 Å². The van der Waals surface area contributed by atoms with Gasteiger partial charge in [-0.2, -0.15) is 0 Å². The number of hydrogen-bond acceptors (Lipinski definition) is 8. The van der Waals surface area contributed by atoms with E-state index in [1.165, 1.54) is 35.6 Å². The molecule has 0 saturated heterocycles. The number of carbonyl (C=O) groups excluding carboxylic acids is 2.